The van der Waals surface area contributed by atoms with Gasteiger partial charge in [0.2, 0.25) is 0 Å². The van der Waals surface area contributed by atoms with Gasteiger partial charge in [-0.3, -0.25) is 0 Å². The van der Waals surface area contributed by atoms with Crippen LogP contribution in [0.5, 0.6) is 0 Å². The molecule has 1 rings (SSSR count). The molecule has 0 spiro atoms. The maximum atomic E-state index is 5.50. The van der Waals surface area contributed by atoms with Crippen LogP contribution in [0.15, 0.2) is 36.4 Å². The fourth-order valence-corrected chi connectivity index (χ4v) is 1.50. The Balaban J connectivity index is 1.91. The van der Waals surface area contributed by atoms with Crippen molar-refractivity contribution in [3.8, 4) is 0 Å². The van der Waals surface area contributed by atoms with Gasteiger partial charge in [-0.05, 0) is 18.5 Å². The minimum absolute atomic E-state index is 0.674. The SMILES string of the molecule is COCCNCCCOCC=Cc1ccccc1. The van der Waals surface area contributed by atoms with Gasteiger partial charge < -0.3 is 14.8 Å². The summed E-state index contributed by atoms with van der Waals surface area (Å²) in [5.41, 5.74) is 1.21. The lowest BCUT2D eigenvalue weighted by Crippen LogP contribution is -2.21. The first kappa shape index (κ1) is 14.9. The van der Waals surface area contributed by atoms with E-state index in [0.29, 0.717) is 6.61 Å². The fraction of sp³-hybridized carbons (Fsp3) is 0.467. The van der Waals surface area contributed by atoms with Crippen molar-refractivity contribution in [1.82, 2.24) is 5.32 Å². The second-order valence-corrected chi connectivity index (χ2v) is 3.98. The van der Waals surface area contributed by atoms with Gasteiger partial charge in [0.05, 0.1) is 13.2 Å². The number of nitrogens with one attached hydrogen (secondary N) is 1. The lowest BCUT2D eigenvalue weighted by atomic mass is 10.2. The third-order valence-corrected chi connectivity index (χ3v) is 2.45. The van der Waals surface area contributed by atoms with Crippen LogP contribution >= 0.6 is 0 Å². The van der Waals surface area contributed by atoms with E-state index in [2.05, 4.69) is 23.5 Å². The predicted octanol–water partition coefficient (Wildman–Crippen LogP) is 2.34. The second-order valence-electron chi connectivity index (χ2n) is 3.98. The van der Waals surface area contributed by atoms with Crippen LogP contribution in [0.3, 0.4) is 0 Å². The van der Waals surface area contributed by atoms with Gasteiger partial charge in [0.1, 0.15) is 0 Å². The van der Waals surface area contributed by atoms with Crippen molar-refractivity contribution in [3.05, 3.63) is 42.0 Å². The van der Waals surface area contributed by atoms with Gasteiger partial charge in [-0.1, -0.05) is 42.5 Å². The first-order valence-electron chi connectivity index (χ1n) is 6.42. The molecule has 0 unspecified atom stereocenters. The van der Waals surface area contributed by atoms with Gasteiger partial charge in [-0.15, -0.1) is 0 Å². The minimum atomic E-state index is 0.674. The monoisotopic (exact) mass is 249 g/mol. The van der Waals surface area contributed by atoms with Crippen molar-refractivity contribution in [2.24, 2.45) is 0 Å². The highest BCUT2D eigenvalue weighted by atomic mass is 16.5. The standard InChI is InChI=1S/C15H23NO2/c1-17-14-11-16-10-6-13-18-12-5-9-15-7-3-2-4-8-15/h2-5,7-9,16H,6,10-14H2,1H3. The third-order valence-electron chi connectivity index (χ3n) is 2.45. The Labute approximate surface area is 110 Å². The summed E-state index contributed by atoms with van der Waals surface area (Å²) < 4.78 is 10.4. The zero-order valence-corrected chi connectivity index (χ0v) is 11.1. The normalized spacial score (nSPS) is 11.2. The molecule has 0 aliphatic carbocycles. The molecule has 100 valence electrons. The second kappa shape index (κ2) is 11.0. The summed E-state index contributed by atoms with van der Waals surface area (Å²) >= 11 is 0. The van der Waals surface area contributed by atoms with Crippen molar-refractivity contribution in [3.63, 3.8) is 0 Å². The highest BCUT2D eigenvalue weighted by Gasteiger charge is 1.88. The maximum absolute atomic E-state index is 5.50. The van der Waals surface area contributed by atoms with Crippen LogP contribution in [-0.4, -0.2) is 40.0 Å². The summed E-state index contributed by atoms with van der Waals surface area (Å²) in [4.78, 5) is 0. The molecule has 0 aromatic heterocycles. The highest BCUT2D eigenvalue weighted by molar-refractivity contribution is 5.48. The van der Waals surface area contributed by atoms with E-state index < -0.39 is 0 Å². The summed E-state index contributed by atoms with van der Waals surface area (Å²) in [5.74, 6) is 0. The molecule has 1 aromatic rings. The largest absolute Gasteiger partial charge is 0.383 e. The number of rotatable bonds is 10. The molecule has 1 aromatic carbocycles. The smallest absolute Gasteiger partial charge is 0.0650 e. The lowest BCUT2D eigenvalue weighted by Gasteiger charge is -2.03. The third kappa shape index (κ3) is 8.01. The molecule has 0 radical (unpaired) electrons. The fourth-order valence-electron chi connectivity index (χ4n) is 1.50. The van der Waals surface area contributed by atoms with E-state index in [0.717, 1.165) is 32.7 Å². The van der Waals surface area contributed by atoms with Crippen LogP contribution in [0.1, 0.15) is 12.0 Å². The Hall–Kier alpha value is -1.16. The molecule has 0 fully saturated rings. The van der Waals surface area contributed by atoms with Gasteiger partial charge in [0.15, 0.2) is 0 Å². The predicted molar refractivity (Wildman–Crippen MR) is 75.7 cm³/mol. The average Bonchev–Trinajstić information content (AvgIpc) is 2.42. The molecular weight excluding hydrogens is 226 g/mol. The first-order chi connectivity index (χ1) is 8.93. The molecule has 0 bridgehead atoms. The zero-order valence-electron chi connectivity index (χ0n) is 11.1. The minimum Gasteiger partial charge on any atom is -0.383 e. The number of benzene rings is 1. The van der Waals surface area contributed by atoms with Gasteiger partial charge in [-0.25, -0.2) is 0 Å². The molecule has 0 saturated heterocycles. The molecule has 1 N–H and O–H groups in total. The molecule has 3 heteroatoms. The van der Waals surface area contributed by atoms with E-state index in [9.17, 15) is 0 Å². The highest BCUT2D eigenvalue weighted by Crippen LogP contribution is 2.00. The van der Waals surface area contributed by atoms with Gasteiger partial charge in [0.25, 0.3) is 0 Å². The van der Waals surface area contributed by atoms with Crippen LogP contribution in [0, 0.1) is 0 Å². The van der Waals surface area contributed by atoms with E-state index in [4.69, 9.17) is 9.47 Å². The number of hydrogen-bond acceptors (Lipinski definition) is 3. The van der Waals surface area contributed by atoms with Crippen molar-refractivity contribution >= 4 is 6.08 Å². The molecule has 18 heavy (non-hydrogen) atoms. The van der Waals surface area contributed by atoms with Gasteiger partial charge in [0, 0.05) is 20.3 Å². The Kier molecular flexibility index (Phi) is 9.07. The molecular formula is C15H23NO2. The lowest BCUT2D eigenvalue weighted by molar-refractivity contribution is 0.157. The zero-order chi connectivity index (χ0) is 12.9. The van der Waals surface area contributed by atoms with Gasteiger partial charge >= 0.3 is 0 Å². The van der Waals surface area contributed by atoms with E-state index in [1.807, 2.05) is 24.3 Å². The molecule has 0 saturated carbocycles. The van der Waals surface area contributed by atoms with Crippen molar-refractivity contribution in [2.75, 3.05) is 40.0 Å². The Bertz CT molecular complexity index is 312. The molecule has 0 amide bonds. The Morgan fingerprint density at radius 3 is 2.72 bits per heavy atom. The van der Waals surface area contributed by atoms with Crippen molar-refractivity contribution in [2.45, 2.75) is 6.42 Å². The van der Waals surface area contributed by atoms with Crippen molar-refractivity contribution < 1.29 is 9.47 Å². The molecule has 3 nitrogen and oxygen atoms in total. The van der Waals surface area contributed by atoms with Gasteiger partial charge in [-0.2, -0.15) is 0 Å². The van der Waals surface area contributed by atoms with Crippen molar-refractivity contribution in [1.29, 1.82) is 0 Å². The van der Waals surface area contributed by atoms with E-state index in [1.54, 1.807) is 7.11 Å². The summed E-state index contributed by atoms with van der Waals surface area (Å²) in [6, 6.07) is 10.2. The first-order valence-corrected chi connectivity index (χ1v) is 6.42. The summed E-state index contributed by atoms with van der Waals surface area (Å²) in [6.07, 6.45) is 5.16. The summed E-state index contributed by atoms with van der Waals surface area (Å²) in [6.45, 7) is 4.11. The Morgan fingerprint density at radius 1 is 1.11 bits per heavy atom. The molecule has 0 atom stereocenters. The topological polar surface area (TPSA) is 30.5 Å². The molecule has 0 aliphatic rings. The van der Waals surface area contributed by atoms with E-state index in [1.165, 1.54) is 5.56 Å². The summed E-state index contributed by atoms with van der Waals surface area (Å²) in [7, 11) is 1.71. The number of ether oxygens (including phenoxy) is 2. The van der Waals surface area contributed by atoms with Crippen LogP contribution in [0.2, 0.25) is 0 Å². The molecule has 0 aliphatic heterocycles. The average molecular weight is 249 g/mol. The molecule has 0 heterocycles. The number of methoxy groups -OCH3 is 1. The van der Waals surface area contributed by atoms with E-state index >= 15 is 0 Å². The van der Waals surface area contributed by atoms with E-state index in [-0.39, 0.29) is 0 Å². The van der Waals surface area contributed by atoms with Crippen LogP contribution in [0.4, 0.5) is 0 Å². The Morgan fingerprint density at radius 2 is 1.94 bits per heavy atom. The van der Waals surface area contributed by atoms with Crippen LogP contribution in [0.25, 0.3) is 6.08 Å². The van der Waals surface area contributed by atoms with Crippen LogP contribution < -0.4 is 5.32 Å². The number of hydrogen-bond donors (Lipinski definition) is 1. The quantitative estimate of drug-likeness (QED) is 0.646. The summed E-state index contributed by atoms with van der Waals surface area (Å²) in [5, 5.41) is 3.28. The van der Waals surface area contributed by atoms with Crippen LogP contribution in [-0.2, 0) is 9.47 Å². The maximum Gasteiger partial charge on any atom is 0.0650 e.